The van der Waals surface area contributed by atoms with Gasteiger partial charge in [-0.3, -0.25) is 0 Å². The van der Waals surface area contributed by atoms with E-state index >= 15 is 0 Å². The van der Waals surface area contributed by atoms with Crippen molar-refractivity contribution in [3.63, 3.8) is 0 Å². The van der Waals surface area contributed by atoms with Gasteiger partial charge in [-0.05, 0) is 157 Å². The average Bonchev–Trinajstić information content (AvgIpc) is 1.56. The van der Waals surface area contributed by atoms with E-state index in [1.54, 1.807) is 0 Å². The molecule has 108 heavy (non-hydrogen) atoms. The first-order valence-electron chi connectivity index (χ1n) is 38.0. The van der Waals surface area contributed by atoms with Gasteiger partial charge >= 0.3 is 7.12 Å². The number of hydrogen-bond donors (Lipinski definition) is 0. The monoisotopic (exact) mass is 1420 g/mol. The number of fused-ring (bicyclic) bond motifs is 16. The third kappa shape index (κ3) is 11.7. The highest BCUT2D eigenvalue weighted by molar-refractivity contribution is 6.62. The predicted molar refractivity (Wildman–Crippen MR) is 438 cm³/mol. The summed E-state index contributed by atoms with van der Waals surface area (Å²) in [4.78, 5) is 29.2. The minimum Gasteiger partial charge on any atom is -0.455 e. The first kappa shape index (κ1) is 67.2. The lowest BCUT2D eigenvalue weighted by molar-refractivity contribution is 0.00578. The summed E-state index contributed by atoms with van der Waals surface area (Å²) in [6, 6.07) is 96.7. The first-order valence-corrected chi connectivity index (χ1v) is 38.4. The second kappa shape index (κ2) is 27.1. The molecule has 16 aromatic rings. The molecule has 4 aromatic heterocycles. The fourth-order valence-electron chi connectivity index (χ4n) is 17.6. The maximum atomic E-state index is 6.68. The summed E-state index contributed by atoms with van der Waals surface area (Å²) in [5.41, 5.74) is 23.7. The van der Waals surface area contributed by atoms with Crippen LogP contribution in [0.15, 0.2) is 288 Å². The molecule has 1 saturated heterocycles. The molecule has 0 radical (unpaired) electrons. The molecule has 12 heteroatoms. The van der Waals surface area contributed by atoms with E-state index in [4.69, 9.17) is 59.6 Å². The van der Waals surface area contributed by atoms with Crippen LogP contribution in [0.1, 0.15) is 114 Å². The van der Waals surface area contributed by atoms with Crippen LogP contribution in [0, 0.1) is 0 Å². The Hall–Kier alpha value is -11.5. The maximum Gasteiger partial charge on any atom is 0.494 e. The Labute approximate surface area is 634 Å². The van der Waals surface area contributed by atoms with Gasteiger partial charge in [0.25, 0.3) is 0 Å². The Balaban J connectivity index is 0.000000117. The van der Waals surface area contributed by atoms with Crippen molar-refractivity contribution < 1.29 is 18.1 Å². The van der Waals surface area contributed by atoms with Gasteiger partial charge in [0.1, 0.15) is 16.7 Å². The summed E-state index contributed by atoms with van der Waals surface area (Å²) in [6.07, 6.45) is 12.8. The minimum atomic E-state index is -0.303. The molecule has 5 heterocycles. The summed E-state index contributed by atoms with van der Waals surface area (Å²) >= 11 is 6.34. The molecule has 12 aromatic carbocycles. The molecule has 0 atom stereocenters. The van der Waals surface area contributed by atoms with Crippen LogP contribution in [0.3, 0.4) is 0 Å². The van der Waals surface area contributed by atoms with Crippen LogP contribution in [-0.4, -0.2) is 48.2 Å². The van der Waals surface area contributed by atoms with Crippen molar-refractivity contribution in [3.05, 3.63) is 306 Å². The van der Waals surface area contributed by atoms with Gasteiger partial charge in [-0.15, -0.1) is 0 Å². The van der Waals surface area contributed by atoms with Crippen LogP contribution in [0.4, 0.5) is 0 Å². The number of benzene rings is 12. The van der Waals surface area contributed by atoms with E-state index in [1.165, 1.54) is 114 Å². The summed E-state index contributed by atoms with van der Waals surface area (Å²) in [5.74, 6) is 3.81. The molecule has 2 spiro atoms. The van der Waals surface area contributed by atoms with E-state index in [9.17, 15) is 0 Å². The summed E-state index contributed by atoms with van der Waals surface area (Å²) in [5, 5.41) is 4.68. The molecule has 0 N–H and O–H groups in total. The number of halogens is 1. The van der Waals surface area contributed by atoms with Crippen molar-refractivity contribution in [2.24, 2.45) is 0 Å². The molecule has 2 saturated carbocycles. The van der Waals surface area contributed by atoms with Gasteiger partial charge in [0.05, 0.1) is 16.2 Å². The molecule has 21 rings (SSSR count). The van der Waals surface area contributed by atoms with Crippen molar-refractivity contribution in [3.8, 4) is 102 Å². The van der Waals surface area contributed by atoms with Crippen molar-refractivity contribution >= 4 is 68.1 Å². The van der Waals surface area contributed by atoms with Gasteiger partial charge < -0.3 is 18.1 Å². The zero-order valence-electron chi connectivity index (χ0n) is 60.9. The number of furan rings is 2. The first-order chi connectivity index (χ1) is 52.8. The maximum absolute atomic E-state index is 6.68. The van der Waals surface area contributed by atoms with Gasteiger partial charge in [0.15, 0.2) is 40.5 Å². The van der Waals surface area contributed by atoms with Crippen molar-refractivity contribution in [1.29, 1.82) is 0 Å². The van der Waals surface area contributed by atoms with E-state index in [0.29, 0.717) is 45.6 Å². The van der Waals surface area contributed by atoms with Gasteiger partial charge in [0.2, 0.25) is 0 Å². The third-order valence-corrected chi connectivity index (χ3v) is 24.0. The Morgan fingerprint density at radius 2 is 0.648 bits per heavy atom. The predicted octanol–water partition coefficient (Wildman–Crippen LogP) is 24.3. The van der Waals surface area contributed by atoms with Crippen LogP contribution in [-0.2, 0) is 20.1 Å². The highest BCUT2D eigenvalue weighted by atomic mass is 35.5. The van der Waals surface area contributed by atoms with Gasteiger partial charge in [-0.1, -0.05) is 281 Å². The molecule has 1 aliphatic heterocycles. The Morgan fingerprint density at radius 3 is 1.11 bits per heavy atom. The topological polar surface area (TPSA) is 122 Å². The lowest BCUT2D eigenvalue weighted by atomic mass is 9.66. The van der Waals surface area contributed by atoms with Gasteiger partial charge in [-0.25, -0.2) is 29.9 Å². The lowest BCUT2D eigenvalue weighted by Crippen LogP contribution is -2.41. The molecule has 0 unspecified atom stereocenters. The van der Waals surface area contributed by atoms with Crippen molar-refractivity contribution in [2.45, 2.75) is 114 Å². The summed E-state index contributed by atoms with van der Waals surface area (Å²) in [7, 11) is -0.287. The van der Waals surface area contributed by atoms with Crippen LogP contribution in [0.5, 0.6) is 0 Å². The molecular formula is C96H78BClN6O4. The average molecular weight is 1430 g/mol. The molecule has 0 amide bonds. The van der Waals surface area contributed by atoms with E-state index in [-0.39, 0.29) is 29.2 Å². The minimum absolute atomic E-state index is 0.110. The lowest BCUT2D eigenvalue weighted by Gasteiger charge is -2.36. The zero-order valence-corrected chi connectivity index (χ0v) is 61.7. The highest BCUT2D eigenvalue weighted by Crippen LogP contribution is 2.58. The number of nitrogens with zero attached hydrogens (tertiary/aromatic N) is 6. The molecule has 0 bridgehead atoms. The molecule has 5 aliphatic rings. The summed E-state index contributed by atoms with van der Waals surface area (Å²) < 4.78 is 25.3. The van der Waals surface area contributed by atoms with E-state index in [0.717, 1.165) is 82.7 Å². The third-order valence-electron chi connectivity index (χ3n) is 23.7. The van der Waals surface area contributed by atoms with Crippen LogP contribution < -0.4 is 5.46 Å². The standard InChI is InChI=1S/C45H33N3O.C27H16ClN3O.C24H29BO2/c1-4-13-29(14-5-1)42-46-43(30-15-6-2-7-16-30)48-44(47-42)32-22-24-40-37(27-32)36-19-12-18-33(41(36)49-40)31-21-23-35-34-17-8-9-20-38(34)45(39(35)28-31)25-10-3-11-26-45;28-22-13-7-12-20-21-16-19(14-15-23(21)32-24(20)22)27-30-25(17-8-3-1-4-9-17)29-26(31-27)18-10-5-2-6-11-18;1-22(2)23(3,4)27-25(26-22)17-12-13-19-18-10-6-7-11-20(18)24(21(19)16-17)14-8-5-9-15-24/h1-2,4-9,12-24,27-28H,3,10-11,25-26H2;1-16H;6-7,10-13,16H,5,8-9,14-15H2,1-4H3. The molecule has 3 fully saturated rings. The summed E-state index contributed by atoms with van der Waals surface area (Å²) in [6.45, 7) is 8.50. The normalized spacial score (nSPS) is 16.0. The highest BCUT2D eigenvalue weighted by Gasteiger charge is 2.53. The van der Waals surface area contributed by atoms with Gasteiger partial charge in [0, 0.05) is 71.3 Å². The quantitative estimate of drug-likeness (QED) is 0.136. The van der Waals surface area contributed by atoms with E-state index < -0.39 is 0 Å². The number of aromatic nitrogens is 6. The Bertz CT molecular complexity index is 6000. The Kier molecular flexibility index (Phi) is 16.8. The fraction of sp³-hybridized carbons (Fsp3) is 0.188. The largest absolute Gasteiger partial charge is 0.494 e. The van der Waals surface area contributed by atoms with Crippen molar-refractivity contribution in [1.82, 2.24) is 29.9 Å². The second-order valence-corrected chi connectivity index (χ2v) is 30.9. The van der Waals surface area contributed by atoms with Crippen LogP contribution in [0.2, 0.25) is 5.02 Å². The zero-order chi connectivity index (χ0) is 72.7. The smallest absolute Gasteiger partial charge is 0.455 e. The Morgan fingerprint density at radius 1 is 0.287 bits per heavy atom. The molecule has 10 nitrogen and oxygen atoms in total. The molecule has 4 aliphatic carbocycles. The fourth-order valence-corrected chi connectivity index (χ4v) is 17.8. The van der Waals surface area contributed by atoms with Crippen LogP contribution >= 0.6 is 11.6 Å². The number of hydrogen-bond acceptors (Lipinski definition) is 10. The molecular weight excluding hydrogens is 1350 g/mol. The number of rotatable bonds is 8. The van der Waals surface area contributed by atoms with Gasteiger partial charge in [-0.2, -0.15) is 0 Å². The SMILES string of the molecule is CC1(C)OB(c2ccc3c(c2)C2(CCCCC2)c2ccccc2-3)OC1(C)C.Clc1cccc2c1oc1ccc(-c3nc(-c4ccccc4)nc(-c4ccccc4)n3)cc12.c1ccc(-c2nc(-c3ccccc3)nc(-c3ccc4oc5c(-c6ccc7c(c6)C6(CCCCC6)c6ccccc6-7)cccc5c4c3)n2)cc1. The number of para-hydroxylation sites is 2. The van der Waals surface area contributed by atoms with Crippen molar-refractivity contribution in [2.75, 3.05) is 0 Å². The van der Waals surface area contributed by atoms with E-state index in [2.05, 4.69) is 155 Å². The molecule has 526 valence electrons. The van der Waals surface area contributed by atoms with Crippen LogP contribution in [0.25, 0.3) is 146 Å². The second-order valence-electron chi connectivity index (χ2n) is 30.5. The van der Waals surface area contributed by atoms with E-state index in [1.807, 2.05) is 152 Å².